The van der Waals surface area contributed by atoms with E-state index in [2.05, 4.69) is 37.2 Å². The molecule has 0 saturated carbocycles. The number of aryl methyl sites for hydroxylation is 1. The number of rotatable bonds is 4. The average Bonchev–Trinajstić information content (AvgIpc) is 2.98. The molecule has 1 aromatic carbocycles. The largest absolute Gasteiger partial charge is 0.309 e. The predicted molar refractivity (Wildman–Crippen MR) is 97.8 cm³/mol. The van der Waals surface area contributed by atoms with Gasteiger partial charge in [-0.3, -0.25) is 0 Å². The zero-order valence-electron chi connectivity index (χ0n) is 14.7. The van der Waals surface area contributed by atoms with E-state index >= 15 is 0 Å². The van der Waals surface area contributed by atoms with Crippen molar-refractivity contribution in [3.63, 3.8) is 0 Å². The van der Waals surface area contributed by atoms with Crippen LogP contribution in [-0.2, 0) is 6.42 Å². The van der Waals surface area contributed by atoms with Crippen LogP contribution in [-0.4, -0.2) is 31.7 Å². The van der Waals surface area contributed by atoms with Gasteiger partial charge in [0.2, 0.25) is 0 Å². The molecule has 24 heavy (non-hydrogen) atoms. The molecule has 0 N–H and O–H groups in total. The van der Waals surface area contributed by atoms with Gasteiger partial charge in [0.1, 0.15) is 6.17 Å². The Morgan fingerprint density at radius 3 is 2.71 bits per heavy atom. The summed E-state index contributed by atoms with van der Waals surface area (Å²) in [6.07, 6.45) is 11.7. The van der Waals surface area contributed by atoms with Gasteiger partial charge in [-0.2, -0.15) is 5.26 Å². The van der Waals surface area contributed by atoms with E-state index in [1.165, 1.54) is 36.9 Å². The fourth-order valence-electron chi connectivity index (χ4n) is 3.28. The summed E-state index contributed by atoms with van der Waals surface area (Å²) >= 11 is 0. The van der Waals surface area contributed by atoms with E-state index in [1.807, 2.05) is 18.2 Å². The maximum absolute atomic E-state index is 12.0. The van der Waals surface area contributed by atoms with Gasteiger partial charge in [0.25, 0.3) is 0 Å². The molecule has 0 fully saturated rings. The molecule has 0 aromatic heterocycles. The molecular formula is C21H27FN2. The fraction of sp³-hybridized carbons (Fsp3) is 0.476. The van der Waals surface area contributed by atoms with Gasteiger partial charge in [0, 0.05) is 6.42 Å². The van der Waals surface area contributed by atoms with Crippen LogP contribution in [0.15, 0.2) is 42.5 Å². The van der Waals surface area contributed by atoms with Crippen LogP contribution < -0.4 is 0 Å². The molecule has 0 spiro atoms. The van der Waals surface area contributed by atoms with Crippen LogP contribution in [0.4, 0.5) is 4.39 Å². The van der Waals surface area contributed by atoms with Gasteiger partial charge in [-0.25, -0.2) is 4.39 Å². The van der Waals surface area contributed by atoms with Crippen molar-refractivity contribution in [2.75, 3.05) is 20.6 Å². The zero-order valence-corrected chi connectivity index (χ0v) is 14.7. The summed E-state index contributed by atoms with van der Waals surface area (Å²) in [5.74, 6) is 0.720. The number of alkyl halides is 1. The number of allylic oxidation sites excluding steroid dienone is 4. The summed E-state index contributed by atoms with van der Waals surface area (Å²) < 4.78 is 12.0. The second kappa shape index (κ2) is 9.39. The summed E-state index contributed by atoms with van der Waals surface area (Å²) in [6, 6.07) is 8.42. The van der Waals surface area contributed by atoms with Gasteiger partial charge in [-0.15, -0.1) is 0 Å². The third kappa shape index (κ3) is 5.62. The van der Waals surface area contributed by atoms with Gasteiger partial charge in [-0.05, 0) is 75.5 Å². The summed E-state index contributed by atoms with van der Waals surface area (Å²) in [7, 11) is 4.25. The molecule has 0 aliphatic heterocycles. The highest BCUT2D eigenvalue weighted by atomic mass is 19.1. The van der Waals surface area contributed by atoms with Gasteiger partial charge < -0.3 is 4.90 Å². The number of hydrogen-bond acceptors (Lipinski definition) is 2. The maximum Gasteiger partial charge on any atom is 0.122 e. The second-order valence-corrected chi connectivity index (χ2v) is 6.77. The minimum absolute atomic E-state index is 0.552. The Morgan fingerprint density at radius 1 is 1.29 bits per heavy atom. The molecule has 0 radical (unpaired) electrons. The summed E-state index contributed by atoms with van der Waals surface area (Å²) in [4.78, 5) is 2.24. The van der Waals surface area contributed by atoms with Crippen LogP contribution >= 0.6 is 0 Å². The predicted octanol–water partition coefficient (Wildman–Crippen LogP) is 4.77. The van der Waals surface area contributed by atoms with Crippen molar-refractivity contribution < 1.29 is 4.39 Å². The van der Waals surface area contributed by atoms with E-state index in [0.717, 1.165) is 17.9 Å². The van der Waals surface area contributed by atoms with Crippen LogP contribution in [0.5, 0.6) is 0 Å². The smallest absolute Gasteiger partial charge is 0.122 e. The molecule has 2 aliphatic rings. The Kier molecular flexibility index (Phi) is 7.21. The third-order valence-corrected chi connectivity index (χ3v) is 4.56. The maximum atomic E-state index is 12.0. The topological polar surface area (TPSA) is 27.0 Å². The first kappa shape index (κ1) is 18.4. The van der Waals surface area contributed by atoms with Gasteiger partial charge in [-0.1, -0.05) is 30.4 Å². The van der Waals surface area contributed by atoms with E-state index in [1.54, 1.807) is 12.2 Å². The second-order valence-electron chi connectivity index (χ2n) is 6.77. The molecule has 2 atom stereocenters. The molecule has 128 valence electrons. The summed E-state index contributed by atoms with van der Waals surface area (Å²) in [5.41, 5.74) is 3.69. The van der Waals surface area contributed by atoms with Crippen molar-refractivity contribution in [1.82, 2.24) is 4.90 Å². The number of nitriles is 1. The van der Waals surface area contributed by atoms with Crippen molar-refractivity contribution in [2.24, 2.45) is 0 Å². The molecule has 0 bridgehead atoms. The van der Waals surface area contributed by atoms with Crippen molar-refractivity contribution >= 4 is 0 Å². The minimum atomic E-state index is -0.731. The van der Waals surface area contributed by atoms with Gasteiger partial charge >= 0.3 is 0 Å². The van der Waals surface area contributed by atoms with E-state index < -0.39 is 6.17 Å². The first-order chi connectivity index (χ1) is 11.6. The van der Waals surface area contributed by atoms with Crippen molar-refractivity contribution in [1.29, 1.82) is 5.26 Å². The van der Waals surface area contributed by atoms with Crippen LogP contribution in [0.2, 0.25) is 0 Å². The molecule has 2 aliphatic carbocycles. The monoisotopic (exact) mass is 326 g/mol. The summed E-state index contributed by atoms with van der Waals surface area (Å²) in [5, 5.41) is 8.88. The van der Waals surface area contributed by atoms with Gasteiger partial charge in [0.15, 0.2) is 0 Å². The van der Waals surface area contributed by atoms with Crippen LogP contribution in [0.25, 0.3) is 0 Å². The lowest BCUT2D eigenvalue weighted by atomic mass is 9.95. The van der Waals surface area contributed by atoms with Crippen LogP contribution in [0.1, 0.15) is 48.3 Å². The van der Waals surface area contributed by atoms with Crippen LogP contribution in [0.3, 0.4) is 0 Å². The zero-order chi connectivity index (χ0) is 17.4. The average molecular weight is 326 g/mol. The quantitative estimate of drug-likeness (QED) is 0.797. The van der Waals surface area contributed by atoms with E-state index in [4.69, 9.17) is 5.26 Å². The highest BCUT2D eigenvalue weighted by molar-refractivity contribution is 5.42. The Morgan fingerprint density at radius 2 is 2.12 bits per heavy atom. The lowest BCUT2D eigenvalue weighted by molar-refractivity contribution is 0.384. The SMILES string of the molecule is CN(C)CCCC1CCc2cc(C#N)ccc21.FC1C=CC=CC1. The molecule has 3 rings (SSSR count). The number of fused-ring (bicyclic) bond motifs is 1. The minimum Gasteiger partial charge on any atom is -0.309 e. The first-order valence-corrected chi connectivity index (χ1v) is 8.75. The Labute approximate surface area is 145 Å². The van der Waals surface area contributed by atoms with Crippen molar-refractivity contribution in [2.45, 2.75) is 44.2 Å². The van der Waals surface area contributed by atoms with E-state index in [9.17, 15) is 4.39 Å². The van der Waals surface area contributed by atoms with Crippen molar-refractivity contribution in [3.05, 3.63) is 59.2 Å². The Bertz CT molecular complexity index is 625. The highest BCUT2D eigenvalue weighted by Gasteiger charge is 2.22. The third-order valence-electron chi connectivity index (χ3n) is 4.56. The number of nitrogens with zero attached hydrogens (tertiary/aromatic N) is 2. The first-order valence-electron chi connectivity index (χ1n) is 8.75. The number of benzene rings is 1. The standard InChI is InChI=1S/C15H20N2.C6H7F/c1-17(2)9-3-4-13-6-7-14-10-12(11-16)5-8-15(13)14;7-6-4-2-1-3-5-6/h5,8,10,13H,3-4,6-7,9H2,1-2H3;1-4,6H,5H2. The van der Waals surface area contributed by atoms with Gasteiger partial charge in [0.05, 0.1) is 11.6 Å². The van der Waals surface area contributed by atoms with E-state index in [-0.39, 0.29) is 0 Å². The Hall–Kier alpha value is -1.92. The molecule has 2 nitrogen and oxygen atoms in total. The molecule has 0 amide bonds. The Balaban J connectivity index is 0.000000249. The summed E-state index contributed by atoms with van der Waals surface area (Å²) in [6.45, 7) is 1.17. The molecular weight excluding hydrogens is 299 g/mol. The lowest BCUT2D eigenvalue weighted by Gasteiger charge is -2.14. The molecule has 2 unspecified atom stereocenters. The molecule has 0 saturated heterocycles. The normalized spacial score (nSPS) is 21.1. The number of hydrogen-bond donors (Lipinski definition) is 0. The molecule has 0 heterocycles. The molecule has 1 aromatic rings. The fourth-order valence-corrected chi connectivity index (χ4v) is 3.28. The number of halogens is 1. The highest BCUT2D eigenvalue weighted by Crippen LogP contribution is 2.36. The van der Waals surface area contributed by atoms with Crippen molar-refractivity contribution in [3.8, 4) is 6.07 Å². The van der Waals surface area contributed by atoms with E-state index in [0.29, 0.717) is 6.42 Å². The molecule has 3 heteroatoms. The lowest BCUT2D eigenvalue weighted by Crippen LogP contribution is -2.13. The van der Waals surface area contributed by atoms with Crippen LogP contribution in [0, 0.1) is 11.3 Å².